The first-order chi connectivity index (χ1) is 17.5. The van der Waals surface area contributed by atoms with Crippen molar-refractivity contribution in [2.24, 2.45) is 0 Å². The summed E-state index contributed by atoms with van der Waals surface area (Å²) in [4.78, 5) is 17.7. The Morgan fingerprint density at radius 2 is 1.56 bits per heavy atom. The number of nitrogens with zero attached hydrogens (tertiary/aromatic N) is 1. The smallest absolute Gasteiger partial charge is 0.255 e. The number of benzene rings is 3. The Morgan fingerprint density at radius 3 is 2.14 bits per heavy atom. The summed E-state index contributed by atoms with van der Waals surface area (Å²) in [5, 5.41) is 2.93. The van der Waals surface area contributed by atoms with E-state index in [1.54, 1.807) is 12.1 Å². The van der Waals surface area contributed by atoms with Crippen LogP contribution in [-0.2, 0) is 6.42 Å². The van der Waals surface area contributed by atoms with Crippen LogP contribution < -0.4 is 19.5 Å². The van der Waals surface area contributed by atoms with Crippen LogP contribution in [0.3, 0.4) is 0 Å². The van der Waals surface area contributed by atoms with Gasteiger partial charge in [0.05, 0.1) is 24.3 Å². The van der Waals surface area contributed by atoms with Gasteiger partial charge in [-0.15, -0.1) is 0 Å². The molecule has 8 heteroatoms. The second-order valence-corrected chi connectivity index (χ2v) is 8.78. The van der Waals surface area contributed by atoms with Crippen LogP contribution in [-0.4, -0.2) is 30.7 Å². The molecule has 0 aliphatic rings. The van der Waals surface area contributed by atoms with Crippen LogP contribution in [0.25, 0.3) is 22.6 Å². The van der Waals surface area contributed by atoms with Crippen LogP contribution in [0.4, 0.5) is 5.69 Å². The summed E-state index contributed by atoms with van der Waals surface area (Å²) in [7, 11) is 0. The molecule has 0 bridgehead atoms. The highest BCUT2D eigenvalue weighted by Gasteiger charge is 2.19. The fourth-order valence-electron chi connectivity index (χ4n) is 3.79. The van der Waals surface area contributed by atoms with Crippen molar-refractivity contribution >= 4 is 38.6 Å². The minimum atomic E-state index is -0.286. The van der Waals surface area contributed by atoms with E-state index in [0.717, 1.165) is 22.0 Å². The third-order valence-electron chi connectivity index (χ3n) is 5.47. The molecule has 0 aliphatic heterocycles. The Morgan fingerprint density at radius 1 is 0.917 bits per heavy atom. The van der Waals surface area contributed by atoms with E-state index >= 15 is 0 Å². The van der Waals surface area contributed by atoms with Crippen molar-refractivity contribution in [3.8, 4) is 28.7 Å². The number of carbonyl (C=O) groups is 1. The lowest BCUT2D eigenvalue weighted by Gasteiger charge is -2.17. The molecule has 1 N–H and O–H groups in total. The van der Waals surface area contributed by atoms with Gasteiger partial charge in [0.15, 0.2) is 17.1 Å². The molecule has 0 radical (unpaired) electrons. The third-order valence-corrected chi connectivity index (χ3v) is 6.06. The van der Waals surface area contributed by atoms with Crippen LogP contribution >= 0.6 is 15.9 Å². The predicted octanol–water partition coefficient (Wildman–Crippen LogP) is 7.27. The van der Waals surface area contributed by atoms with E-state index in [-0.39, 0.29) is 5.91 Å². The highest BCUT2D eigenvalue weighted by Crippen LogP contribution is 2.39. The molecule has 4 aromatic rings. The van der Waals surface area contributed by atoms with Gasteiger partial charge in [0.25, 0.3) is 5.91 Å². The minimum Gasteiger partial charge on any atom is -0.490 e. The van der Waals surface area contributed by atoms with E-state index in [1.165, 1.54) is 5.56 Å². The first kappa shape index (κ1) is 25.6. The maximum absolute atomic E-state index is 13.1. The number of ether oxygens (including phenoxy) is 3. The Hall–Kier alpha value is -3.52. The second-order valence-electron chi connectivity index (χ2n) is 7.93. The number of oxazole rings is 1. The topological polar surface area (TPSA) is 82.8 Å². The molecule has 4 rings (SSSR count). The molecule has 0 unspecified atom stereocenters. The molecule has 0 spiro atoms. The number of carbonyl (C=O) groups excluding carboxylic acids is 1. The average Bonchev–Trinajstić information content (AvgIpc) is 3.31. The van der Waals surface area contributed by atoms with Gasteiger partial charge in [-0.05, 0) is 97.2 Å². The lowest BCUT2D eigenvalue weighted by molar-refractivity contribution is 0.102. The summed E-state index contributed by atoms with van der Waals surface area (Å²) in [5.74, 6) is 1.67. The molecular weight excluding hydrogens is 524 g/mol. The lowest BCUT2D eigenvalue weighted by atomic mass is 10.1. The van der Waals surface area contributed by atoms with E-state index in [1.807, 2.05) is 57.2 Å². The van der Waals surface area contributed by atoms with Crippen molar-refractivity contribution in [1.29, 1.82) is 0 Å². The molecule has 0 saturated heterocycles. The Balaban J connectivity index is 1.56. The Bertz CT molecular complexity index is 1340. The number of aryl methyl sites for hydroxylation is 1. The number of hydrogen-bond donors (Lipinski definition) is 1. The minimum absolute atomic E-state index is 0.286. The molecule has 0 atom stereocenters. The normalized spacial score (nSPS) is 10.9. The van der Waals surface area contributed by atoms with Gasteiger partial charge in [0.1, 0.15) is 5.52 Å². The predicted molar refractivity (Wildman–Crippen MR) is 144 cm³/mol. The zero-order chi connectivity index (χ0) is 25.7. The van der Waals surface area contributed by atoms with Crippen LogP contribution in [0.5, 0.6) is 17.2 Å². The van der Waals surface area contributed by atoms with Crippen LogP contribution in [0.1, 0.15) is 43.6 Å². The third kappa shape index (κ3) is 5.49. The monoisotopic (exact) mass is 552 g/mol. The van der Waals surface area contributed by atoms with Gasteiger partial charge in [-0.2, -0.15) is 0 Å². The first-order valence-electron chi connectivity index (χ1n) is 12.0. The van der Waals surface area contributed by atoms with E-state index in [4.69, 9.17) is 18.6 Å². The van der Waals surface area contributed by atoms with Gasteiger partial charge >= 0.3 is 0 Å². The van der Waals surface area contributed by atoms with Crippen LogP contribution in [0, 0.1) is 0 Å². The van der Waals surface area contributed by atoms with Crippen molar-refractivity contribution in [2.75, 3.05) is 25.1 Å². The van der Waals surface area contributed by atoms with Crippen molar-refractivity contribution in [2.45, 2.75) is 34.1 Å². The van der Waals surface area contributed by atoms with E-state index in [2.05, 4.69) is 33.2 Å². The SMILES string of the molecule is CCOc1cc(C(=O)Nc2ccc(-c3nc4cc(CC)cc(Br)c4o3)cc2)cc(OCC)c1OCC. The van der Waals surface area contributed by atoms with E-state index < -0.39 is 0 Å². The number of anilines is 1. The second kappa shape index (κ2) is 11.5. The van der Waals surface area contributed by atoms with Crippen LogP contribution in [0.2, 0.25) is 0 Å². The highest BCUT2D eigenvalue weighted by atomic mass is 79.9. The summed E-state index contributed by atoms with van der Waals surface area (Å²) in [6.45, 7) is 9.07. The number of rotatable bonds is 10. The van der Waals surface area contributed by atoms with Crippen LogP contribution in [0.15, 0.2) is 57.4 Å². The molecule has 0 fully saturated rings. The quantitative estimate of drug-likeness (QED) is 0.223. The molecule has 0 saturated carbocycles. The maximum atomic E-state index is 13.1. The van der Waals surface area contributed by atoms with E-state index in [0.29, 0.717) is 59.8 Å². The molecule has 1 heterocycles. The number of aromatic nitrogens is 1. The zero-order valence-electron chi connectivity index (χ0n) is 20.8. The maximum Gasteiger partial charge on any atom is 0.255 e. The van der Waals surface area contributed by atoms with Gasteiger partial charge in [-0.1, -0.05) is 6.92 Å². The molecule has 0 aliphatic carbocycles. The molecule has 188 valence electrons. The molecular formula is C28H29BrN2O5. The van der Waals surface area contributed by atoms with Crippen molar-refractivity contribution in [3.05, 3.63) is 64.1 Å². The molecule has 1 aromatic heterocycles. The summed E-state index contributed by atoms with van der Waals surface area (Å²) in [6, 6.07) is 14.8. The molecule has 3 aromatic carbocycles. The summed E-state index contributed by atoms with van der Waals surface area (Å²) in [6.07, 6.45) is 0.914. The first-order valence-corrected chi connectivity index (χ1v) is 12.8. The standard InChI is InChI=1S/C28H29BrN2O5/c1-5-17-13-21(29)25-22(14-17)31-28(36-25)18-9-11-20(12-10-18)30-27(32)19-15-23(33-6-2)26(35-8-4)24(16-19)34-7-3/h9-16H,5-8H2,1-4H3,(H,30,32). The fraction of sp³-hybridized carbons (Fsp3) is 0.286. The van der Waals surface area contributed by atoms with Gasteiger partial charge in [-0.25, -0.2) is 4.98 Å². The van der Waals surface area contributed by atoms with Crippen molar-refractivity contribution < 1.29 is 23.4 Å². The zero-order valence-corrected chi connectivity index (χ0v) is 22.4. The molecule has 1 amide bonds. The average molecular weight is 553 g/mol. The van der Waals surface area contributed by atoms with E-state index in [9.17, 15) is 4.79 Å². The summed E-state index contributed by atoms with van der Waals surface area (Å²) in [5.41, 5.74) is 4.56. The van der Waals surface area contributed by atoms with Gasteiger partial charge in [0.2, 0.25) is 11.6 Å². The Labute approximate surface area is 218 Å². The van der Waals surface area contributed by atoms with Gasteiger partial charge in [0, 0.05) is 16.8 Å². The van der Waals surface area contributed by atoms with Crippen molar-refractivity contribution in [3.63, 3.8) is 0 Å². The Kier molecular flexibility index (Phi) is 8.15. The highest BCUT2D eigenvalue weighted by molar-refractivity contribution is 9.10. The largest absolute Gasteiger partial charge is 0.490 e. The lowest BCUT2D eigenvalue weighted by Crippen LogP contribution is -2.13. The van der Waals surface area contributed by atoms with Gasteiger partial charge in [-0.3, -0.25) is 4.79 Å². The number of fused-ring (bicyclic) bond motifs is 1. The number of hydrogen-bond acceptors (Lipinski definition) is 6. The number of amides is 1. The van der Waals surface area contributed by atoms with Gasteiger partial charge < -0.3 is 23.9 Å². The summed E-state index contributed by atoms with van der Waals surface area (Å²) >= 11 is 3.57. The van der Waals surface area contributed by atoms with Crippen molar-refractivity contribution in [1.82, 2.24) is 4.98 Å². The summed E-state index contributed by atoms with van der Waals surface area (Å²) < 4.78 is 24.0. The molecule has 36 heavy (non-hydrogen) atoms. The number of halogens is 1. The fourth-order valence-corrected chi connectivity index (χ4v) is 4.37. The molecule has 7 nitrogen and oxygen atoms in total. The number of nitrogens with one attached hydrogen (secondary N) is 1.